The fourth-order valence-electron chi connectivity index (χ4n) is 3.91. The molecule has 4 aromatic rings. The summed E-state index contributed by atoms with van der Waals surface area (Å²) in [7, 11) is 1.63. The van der Waals surface area contributed by atoms with Gasteiger partial charge in [0, 0.05) is 31.1 Å². The number of nitrogens with zero attached hydrogens (tertiary/aromatic N) is 6. The minimum atomic E-state index is -4.47. The van der Waals surface area contributed by atoms with Crippen LogP contribution in [0.2, 0.25) is 0 Å². The molecule has 1 aliphatic carbocycles. The number of rotatable bonds is 7. The van der Waals surface area contributed by atoms with Gasteiger partial charge in [-0.1, -0.05) is 17.3 Å². The third kappa shape index (κ3) is 4.65. The summed E-state index contributed by atoms with van der Waals surface area (Å²) >= 11 is 0. The zero-order valence-corrected chi connectivity index (χ0v) is 19.7. The zero-order valence-electron chi connectivity index (χ0n) is 19.7. The first-order valence-electron chi connectivity index (χ1n) is 11.2. The highest BCUT2D eigenvalue weighted by Gasteiger charge is 2.66. The number of aromatic nitrogens is 5. The van der Waals surface area contributed by atoms with Crippen molar-refractivity contribution in [2.75, 3.05) is 10.6 Å². The van der Waals surface area contributed by atoms with Gasteiger partial charge in [0.2, 0.25) is 11.9 Å². The molecule has 0 bridgehead atoms. The monoisotopic (exact) mass is 526 g/mol. The van der Waals surface area contributed by atoms with Crippen LogP contribution < -0.4 is 10.6 Å². The summed E-state index contributed by atoms with van der Waals surface area (Å²) in [6.45, 7) is 0. The van der Waals surface area contributed by atoms with Gasteiger partial charge in [0.25, 0.3) is 0 Å². The number of benzene rings is 1. The van der Waals surface area contributed by atoms with Crippen LogP contribution >= 0.6 is 0 Å². The summed E-state index contributed by atoms with van der Waals surface area (Å²) in [5, 5.41) is 21.9. The highest BCUT2D eigenvalue weighted by Crippen LogP contribution is 2.59. The number of amides is 1. The van der Waals surface area contributed by atoms with Gasteiger partial charge < -0.3 is 15.2 Å². The van der Waals surface area contributed by atoms with Crippen LogP contribution in [-0.2, 0) is 23.7 Å². The molecule has 1 saturated carbocycles. The van der Waals surface area contributed by atoms with Crippen LogP contribution in [0.5, 0.6) is 0 Å². The molecule has 0 atom stereocenters. The number of carbonyl (C=O) groups is 1. The van der Waals surface area contributed by atoms with Gasteiger partial charge in [-0.25, -0.2) is 14.4 Å². The van der Waals surface area contributed by atoms with E-state index in [1.54, 1.807) is 13.1 Å². The van der Waals surface area contributed by atoms with E-state index in [1.807, 2.05) is 6.07 Å². The Morgan fingerprint density at radius 2 is 1.92 bits per heavy atom. The highest BCUT2D eigenvalue weighted by molar-refractivity contribution is 5.91. The topological polar surface area (TPSA) is 135 Å². The molecule has 5 rings (SSSR count). The summed E-state index contributed by atoms with van der Waals surface area (Å²) in [5.74, 6) is -1.64. The summed E-state index contributed by atoms with van der Waals surface area (Å²) in [6, 6.07) is 7.29. The first-order chi connectivity index (χ1) is 18.1. The molecule has 3 heterocycles. The van der Waals surface area contributed by atoms with Crippen molar-refractivity contribution in [3.63, 3.8) is 0 Å². The maximum Gasteiger partial charge on any atom is 0.401 e. The number of anilines is 3. The molecule has 10 nitrogen and oxygen atoms in total. The molecule has 0 unspecified atom stereocenters. The fourth-order valence-corrected chi connectivity index (χ4v) is 3.91. The van der Waals surface area contributed by atoms with E-state index in [-0.39, 0.29) is 42.4 Å². The molecule has 3 aromatic heterocycles. The zero-order chi connectivity index (χ0) is 27.1. The number of alkyl halides is 3. The van der Waals surface area contributed by atoms with Gasteiger partial charge in [-0.05, 0) is 30.0 Å². The largest absolute Gasteiger partial charge is 0.401 e. The van der Waals surface area contributed by atoms with Crippen molar-refractivity contribution in [1.82, 2.24) is 24.9 Å². The molecule has 1 fully saturated rings. The molecule has 2 N–H and O–H groups in total. The minimum Gasteiger partial charge on any atom is -0.358 e. The first kappa shape index (κ1) is 24.9. The summed E-state index contributed by atoms with van der Waals surface area (Å²) in [4.78, 5) is 20.7. The fraction of sp³-hybridized carbons (Fsp3) is 0.250. The van der Waals surface area contributed by atoms with Crippen molar-refractivity contribution >= 4 is 23.4 Å². The van der Waals surface area contributed by atoms with Crippen molar-refractivity contribution in [2.45, 2.75) is 30.9 Å². The van der Waals surface area contributed by atoms with Crippen molar-refractivity contribution in [1.29, 1.82) is 5.26 Å². The lowest BCUT2D eigenvalue weighted by Gasteiger charge is -2.14. The van der Waals surface area contributed by atoms with Crippen LogP contribution in [0.25, 0.3) is 11.1 Å². The number of hydrogen-bond acceptors (Lipinski definition) is 8. The summed E-state index contributed by atoms with van der Waals surface area (Å²) < 4.78 is 60.7. The molecule has 38 heavy (non-hydrogen) atoms. The Kier molecular flexibility index (Phi) is 6.06. The Balaban J connectivity index is 1.22. The molecule has 194 valence electrons. The van der Waals surface area contributed by atoms with Crippen LogP contribution in [0.4, 0.5) is 35.0 Å². The number of hydrogen-bond donors (Lipinski definition) is 2. The van der Waals surface area contributed by atoms with Crippen molar-refractivity contribution in [3.05, 3.63) is 65.7 Å². The van der Waals surface area contributed by atoms with Gasteiger partial charge >= 0.3 is 6.18 Å². The van der Waals surface area contributed by atoms with E-state index in [1.165, 1.54) is 35.4 Å². The lowest BCUT2D eigenvalue weighted by molar-refractivity contribution is -0.165. The summed E-state index contributed by atoms with van der Waals surface area (Å²) in [5.41, 5.74) is -0.279. The van der Waals surface area contributed by atoms with Gasteiger partial charge in [-0.2, -0.15) is 23.5 Å². The number of aryl methyl sites for hydroxylation is 1. The SMILES string of the molecule is Cn1ncc(Nc2ncc(-c3ccc(CC(=O)Nc4cc(C5(C(F)(F)F)CC5)on4)c(F)c3)cn2)c1C#N. The van der Waals surface area contributed by atoms with Gasteiger partial charge in [0.05, 0.1) is 18.3 Å². The number of nitrogens with one attached hydrogen (secondary N) is 2. The third-order valence-corrected chi connectivity index (χ3v) is 6.22. The normalized spacial score (nSPS) is 14.1. The highest BCUT2D eigenvalue weighted by atomic mass is 19.4. The Bertz CT molecular complexity index is 1550. The van der Waals surface area contributed by atoms with E-state index in [2.05, 4.69) is 30.9 Å². The Hall–Kier alpha value is -4.80. The Labute approximate surface area is 212 Å². The third-order valence-electron chi connectivity index (χ3n) is 6.22. The standard InChI is InChI=1S/C24H18F4N8O2/c1-36-18(9-29)17(12-32-36)33-22-30-10-15(11-31-22)13-2-3-14(16(25)6-13)7-21(37)34-20-8-19(38-35-20)23(4-5-23)24(26,27)28/h2-3,6,8,10-12H,4-5,7H2,1H3,(H,30,31,33)(H,34,35,37). The number of carbonyl (C=O) groups excluding carboxylic acids is 1. The molecule has 1 aliphatic rings. The molecule has 0 radical (unpaired) electrons. The minimum absolute atomic E-state index is 0.0729. The lowest BCUT2D eigenvalue weighted by atomic mass is 10.0. The van der Waals surface area contributed by atoms with E-state index in [0.717, 1.165) is 6.07 Å². The van der Waals surface area contributed by atoms with E-state index >= 15 is 0 Å². The molecule has 0 aliphatic heterocycles. The molecule has 1 amide bonds. The van der Waals surface area contributed by atoms with Gasteiger partial charge in [0.15, 0.2) is 17.3 Å². The van der Waals surface area contributed by atoms with Crippen LogP contribution in [0.15, 0.2) is 47.4 Å². The van der Waals surface area contributed by atoms with Gasteiger partial charge in [0.1, 0.15) is 17.3 Å². The van der Waals surface area contributed by atoms with Crippen molar-refractivity contribution in [2.24, 2.45) is 7.05 Å². The smallest absolute Gasteiger partial charge is 0.358 e. The molecule has 0 saturated heterocycles. The second-order valence-corrected chi connectivity index (χ2v) is 8.75. The van der Waals surface area contributed by atoms with Gasteiger partial charge in [-0.15, -0.1) is 0 Å². The van der Waals surface area contributed by atoms with E-state index in [9.17, 15) is 27.6 Å². The van der Waals surface area contributed by atoms with E-state index in [0.29, 0.717) is 22.5 Å². The molecule has 0 spiro atoms. The van der Waals surface area contributed by atoms with Crippen molar-refractivity contribution < 1.29 is 26.9 Å². The van der Waals surface area contributed by atoms with Crippen LogP contribution in [0, 0.1) is 17.1 Å². The lowest BCUT2D eigenvalue weighted by Crippen LogP contribution is -2.28. The maximum atomic E-state index is 14.8. The molecule has 1 aromatic carbocycles. The van der Waals surface area contributed by atoms with Gasteiger partial charge in [-0.3, -0.25) is 9.48 Å². The van der Waals surface area contributed by atoms with Crippen molar-refractivity contribution in [3.8, 4) is 17.2 Å². The van der Waals surface area contributed by atoms with E-state index in [4.69, 9.17) is 4.52 Å². The number of nitriles is 1. The first-order valence-corrected chi connectivity index (χ1v) is 11.2. The molecular formula is C24H18F4N8O2. The van der Waals surface area contributed by atoms with Crippen LogP contribution in [0.1, 0.15) is 29.9 Å². The van der Waals surface area contributed by atoms with Crippen LogP contribution in [-0.4, -0.2) is 37.0 Å². The Morgan fingerprint density at radius 1 is 1.18 bits per heavy atom. The number of halogens is 4. The average Bonchev–Trinajstić information content (AvgIpc) is 3.46. The second-order valence-electron chi connectivity index (χ2n) is 8.75. The van der Waals surface area contributed by atoms with Crippen LogP contribution in [0.3, 0.4) is 0 Å². The Morgan fingerprint density at radius 3 is 2.55 bits per heavy atom. The predicted molar refractivity (Wildman–Crippen MR) is 124 cm³/mol. The second kappa shape index (κ2) is 9.25. The maximum absolute atomic E-state index is 14.8. The molecular weight excluding hydrogens is 508 g/mol. The van der Waals surface area contributed by atoms with E-state index < -0.39 is 23.3 Å². The quantitative estimate of drug-likeness (QED) is 0.339. The average molecular weight is 526 g/mol. The predicted octanol–water partition coefficient (Wildman–Crippen LogP) is 4.39. The summed E-state index contributed by atoms with van der Waals surface area (Å²) in [6.07, 6.45) is -0.649. The molecule has 14 heteroatoms.